The molecule has 0 fully saturated rings. The van der Waals surface area contributed by atoms with Crippen molar-refractivity contribution in [1.29, 1.82) is 0 Å². The Hall–Kier alpha value is -2.07. The number of phosphoric ester groups is 1. The molecule has 4 N–H and O–H groups in total. The maximum atomic E-state index is 12.4. The lowest BCUT2D eigenvalue weighted by Crippen LogP contribution is -2.29. The average Bonchev–Trinajstić information content (AvgIpc) is 3.14. The van der Waals surface area contributed by atoms with E-state index < -0.39 is 51.3 Å². The van der Waals surface area contributed by atoms with E-state index >= 15 is 0 Å². The number of unbranched alkanes of at least 4 members (excludes halogenated alkanes) is 18. The third-order valence-corrected chi connectivity index (χ3v) is 9.95. The first-order chi connectivity index (χ1) is 26.9. The van der Waals surface area contributed by atoms with Crippen molar-refractivity contribution in [1.82, 2.24) is 0 Å². The van der Waals surface area contributed by atoms with Crippen molar-refractivity contribution in [3.8, 4) is 0 Å². The average molecular weight is 813 g/mol. The van der Waals surface area contributed by atoms with Crippen LogP contribution in [0.15, 0.2) is 48.6 Å². The van der Waals surface area contributed by atoms with Gasteiger partial charge in [-0.25, -0.2) is 4.57 Å². The van der Waals surface area contributed by atoms with Crippen LogP contribution in [0.4, 0.5) is 0 Å². The zero-order chi connectivity index (χ0) is 41.5. The van der Waals surface area contributed by atoms with E-state index in [9.17, 15) is 24.4 Å². The summed E-state index contributed by atoms with van der Waals surface area (Å²) in [5.41, 5.74) is 0. The van der Waals surface area contributed by atoms with Crippen molar-refractivity contribution in [3.63, 3.8) is 0 Å². The molecule has 0 rings (SSSR count). The molecule has 0 aliphatic carbocycles. The molecule has 0 saturated heterocycles. The van der Waals surface area contributed by atoms with Crippen molar-refractivity contribution >= 4 is 19.8 Å². The number of allylic oxidation sites excluding steroid dienone is 5. The maximum Gasteiger partial charge on any atom is 0.469 e. The van der Waals surface area contributed by atoms with Crippen molar-refractivity contribution in [2.24, 2.45) is 5.92 Å². The summed E-state index contributed by atoms with van der Waals surface area (Å²) in [6, 6.07) is 0. The lowest BCUT2D eigenvalue weighted by molar-refractivity contribution is -0.161. The number of hydrogen-bond donors (Lipinski definition) is 4. The van der Waals surface area contributed by atoms with Gasteiger partial charge in [0.25, 0.3) is 0 Å². The number of hydrogen-bond acceptors (Lipinski definition) is 8. The fourth-order valence-corrected chi connectivity index (χ4v) is 6.47. The summed E-state index contributed by atoms with van der Waals surface area (Å²) in [5.74, 6) is -0.293. The number of rotatable bonds is 39. The number of aliphatic hydroxyl groups excluding tert-OH is 2. The van der Waals surface area contributed by atoms with Gasteiger partial charge < -0.3 is 29.5 Å². The van der Waals surface area contributed by atoms with E-state index in [1.165, 1.54) is 103 Å². The Morgan fingerprint density at radius 1 is 0.589 bits per heavy atom. The van der Waals surface area contributed by atoms with Crippen LogP contribution in [0.25, 0.3) is 0 Å². The molecule has 0 unspecified atom stereocenters. The van der Waals surface area contributed by atoms with E-state index in [2.05, 4.69) is 31.4 Å². The molecule has 10 nitrogen and oxygen atoms in total. The van der Waals surface area contributed by atoms with Gasteiger partial charge in [-0.2, -0.15) is 0 Å². The number of phosphoric acid groups is 1. The molecule has 56 heavy (non-hydrogen) atoms. The molecule has 0 aromatic carbocycles. The van der Waals surface area contributed by atoms with Crippen LogP contribution in [0.5, 0.6) is 0 Å². The van der Waals surface area contributed by atoms with Gasteiger partial charge in [0.1, 0.15) is 6.61 Å². The molecule has 0 aromatic heterocycles. The first kappa shape index (κ1) is 53.9. The number of esters is 2. The number of aliphatic hydroxyl groups is 2. The minimum absolute atomic E-state index is 0.00724. The minimum Gasteiger partial charge on any atom is -0.462 e. The van der Waals surface area contributed by atoms with E-state index in [4.69, 9.17) is 19.3 Å². The highest BCUT2D eigenvalue weighted by atomic mass is 31.2. The molecule has 0 aromatic rings. The van der Waals surface area contributed by atoms with Crippen LogP contribution in [0.3, 0.4) is 0 Å². The quantitative estimate of drug-likeness (QED) is 0.0155. The maximum absolute atomic E-state index is 12.4. The first-order valence-electron chi connectivity index (χ1n) is 22.0. The van der Waals surface area contributed by atoms with Crippen LogP contribution in [0, 0.1) is 5.92 Å². The zero-order valence-corrected chi connectivity index (χ0v) is 36.3. The Labute approximate surface area is 340 Å². The molecule has 0 saturated carbocycles. The van der Waals surface area contributed by atoms with Gasteiger partial charge in [-0.05, 0) is 44.4 Å². The largest absolute Gasteiger partial charge is 0.469 e. The second-order valence-corrected chi connectivity index (χ2v) is 16.8. The fraction of sp³-hybridized carbons (Fsp3) is 0.778. The number of carbonyl (C=O) groups is 2. The molecular weight excluding hydrogens is 731 g/mol. The normalized spacial score (nSPS) is 14.1. The lowest BCUT2D eigenvalue weighted by Gasteiger charge is -2.18. The van der Waals surface area contributed by atoms with Gasteiger partial charge in [-0.15, -0.1) is 0 Å². The SMILES string of the molecule is CCCCC/C=C\C[C@@H](O)/C=C/C=C/C=C\[C@@H](O)CCCC(=O)OC[C@H](COP(=O)(O)O)OC(=O)CCCCCCCCCCCCCCCCCCC(C)C. The molecule has 0 heterocycles. The molecule has 0 spiro atoms. The summed E-state index contributed by atoms with van der Waals surface area (Å²) >= 11 is 0. The second-order valence-electron chi connectivity index (χ2n) is 15.6. The molecule has 0 aliphatic heterocycles. The van der Waals surface area contributed by atoms with Crippen LogP contribution in [-0.4, -0.2) is 63.5 Å². The number of ether oxygens (including phenoxy) is 2. The monoisotopic (exact) mass is 813 g/mol. The van der Waals surface area contributed by atoms with Crippen molar-refractivity contribution in [2.45, 2.75) is 206 Å². The molecule has 11 heteroatoms. The van der Waals surface area contributed by atoms with Crippen LogP contribution in [0.2, 0.25) is 0 Å². The summed E-state index contributed by atoms with van der Waals surface area (Å²) in [6.45, 7) is 5.77. The second kappa shape index (κ2) is 38.4. The Morgan fingerprint density at radius 2 is 1.11 bits per heavy atom. The van der Waals surface area contributed by atoms with Crippen LogP contribution < -0.4 is 0 Å². The van der Waals surface area contributed by atoms with Gasteiger partial charge >= 0.3 is 19.8 Å². The van der Waals surface area contributed by atoms with Gasteiger partial charge in [0.2, 0.25) is 0 Å². The summed E-state index contributed by atoms with van der Waals surface area (Å²) in [5, 5.41) is 20.2. The Balaban J connectivity index is 4.12. The van der Waals surface area contributed by atoms with E-state index in [0.29, 0.717) is 25.7 Å². The van der Waals surface area contributed by atoms with Crippen molar-refractivity contribution < 1.29 is 48.2 Å². The molecule has 326 valence electrons. The highest BCUT2D eigenvalue weighted by Crippen LogP contribution is 2.36. The van der Waals surface area contributed by atoms with Gasteiger partial charge in [0, 0.05) is 12.8 Å². The smallest absolute Gasteiger partial charge is 0.462 e. The Kier molecular flexibility index (Phi) is 37.0. The highest BCUT2D eigenvalue weighted by molar-refractivity contribution is 7.46. The Bertz CT molecular complexity index is 1100. The van der Waals surface area contributed by atoms with E-state index in [1.807, 2.05) is 6.08 Å². The van der Waals surface area contributed by atoms with E-state index in [0.717, 1.165) is 31.6 Å². The predicted molar refractivity (Wildman–Crippen MR) is 228 cm³/mol. The van der Waals surface area contributed by atoms with Crippen molar-refractivity contribution in [2.75, 3.05) is 13.2 Å². The molecule has 0 bridgehead atoms. The van der Waals surface area contributed by atoms with Crippen LogP contribution in [0.1, 0.15) is 188 Å². The third kappa shape index (κ3) is 41.6. The van der Waals surface area contributed by atoms with Crippen LogP contribution in [-0.2, 0) is 28.2 Å². The molecule has 0 radical (unpaired) electrons. The summed E-state index contributed by atoms with van der Waals surface area (Å²) in [4.78, 5) is 42.9. The topological polar surface area (TPSA) is 160 Å². The minimum atomic E-state index is -4.81. The molecule has 3 atom stereocenters. The number of carbonyl (C=O) groups excluding carboxylic acids is 2. The van der Waals surface area contributed by atoms with Crippen LogP contribution >= 0.6 is 7.82 Å². The summed E-state index contributed by atoms with van der Waals surface area (Å²) in [6.07, 6.45) is 38.9. The van der Waals surface area contributed by atoms with Crippen molar-refractivity contribution in [3.05, 3.63) is 48.6 Å². The van der Waals surface area contributed by atoms with Gasteiger partial charge in [-0.3, -0.25) is 14.1 Å². The van der Waals surface area contributed by atoms with Gasteiger partial charge in [0.15, 0.2) is 6.10 Å². The standard InChI is InChI=1S/C45H81O10P/c1-4-5-6-7-21-26-32-41(46)33-27-23-24-28-34-42(47)35-30-37-44(48)53-38-43(39-54-56(50,51)52)55-45(49)36-29-22-19-17-15-13-11-9-8-10-12-14-16-18-20-25-31-40(2)3/h21,23-24,26-28,33-34,40-43,46-47H,4-20,22,25,29-32,35-39H2,1-3H3,(H2,50,51,52)/b24-23+,26-21-,33-27+,34-28-/t41-,42-,43-/m1/s1. The van der Waals surface area contributed by atoms with Gasteiger partial charge in [-0.1, -0.05) is 185 Å². The molecule has 0 aliphatic rings. The predicted octanol–water partition coefficient (Wildman–Crippen LogP) is 11.3. The zero-order valence-electron chi connectivity index (χ0n) is 35.4. The Morgan fingerprint density at radius 3 is 1.64 bits per heavy atom. The highest BCUT2D eigenvalue weighted by Gasteiger charge is 2.23. The summed E-state index contributed by atoms with van der Waals surface area (Å²) in [7, 11) is -4.81. The molecule has 0 amide bonds. The lowest BCUT2D eigenvalue weighted by atomic mass is 10.0. The van der Waals surface area contributed by atoms with E-state index in [-0.39, 0.29) is 12.8 Å². The third-order valence-electron chi connectivity index (χ3n) is 9.47. The summed E-state index contributed by atoms with van der Waals surface area (Å²) < 4.78 is 26.3. The molecular formula is C45H81O10P. The first-order valence-corrected chi connectivity index (χ1v) is 23.5. The fourth-order valence-electron chi connectivity index (χ4n) is 6.11. The van der Waals surface area contributed by atoms with Gasteiger partial charge in [0.05, 0.1) is 18.8 Å². The van der Waals surface area contributed by atoms with E-state index in [1.54, 1.807) is 36.5 Å².